The first-order chi connectivity index (χ1) is 23.0. The smallest absolute Gasteiger partial charge is 0.453 e. The van der Waals surface area contributed by atoms with Crippen LogP contribution in [0.3, 0.4) is 0 Å². The zero-order valence-corrected chi connectivity index (χ0v) is 27.7. The molecule has 1 heterocycles. The van der Waals surface area contributed by atoms with Gasteiger partial charge in [0.15, 0.2) is 13.6 Å². The molecule has 0 aromatic heterocycles. The number of hydrogen-bond donors (Lipinski definition) is 1. The Balaban J connectivity index is 1.35. The number of benzene rings is 3. The molecule has 2 atom stereocenters. The quantitative estimate of drug-likeness (QED) is 0.0761. The van der Waals surface area contributed by atoms with E-state index in [1.54, 1.807) is 25.3 Å². The summed E-state index contributed by atoms with van der Waals surface area (Å²) in [6, 6.07) is 20.0. The molecule has 1 N–H and O–H groups in total. The third-order valence-corrected chi connectivity index (χ3v) is 9.09. The molecule has 1 aliphatic rings. The minimum absolute atomic E-state index is 0.0711. The molecule has 3 aromatic rings. The Kier molecular flexibility index (Phi) is 13.6. The number of ether oxygens (including phenoxy) is 6. The van der Waals surface area contributed by atoms with Gasteiger partial charge in [-0.05, 0) is 84.7 Å². The first-order valence-electron chi connectivity index (χ1n) is 15.6. The molecule has 0 aliphatic carbocycles. The normalized spacial score (nSPS) is 17.8. The zero-order valence-electron chi connectivity index (χ0n) is 26.9. The lowest BCUT2D eigenvalue weighted by Gasteiger charge is -2.42. The van der Waals surface area contributed by atoms with E-state index in [9.17, 15) is 27.1 Å². The van der Waals surface area contributed by atoms with E-state index in [2.05, 4.69) is 0 Å². The lowest BCUT2D eigenvalue weighted by molar-refractivity contribution is -0.284. The monoisotopic (exact) mass is 700 g/mol. The molecule has 0 bridgehead atoms. The van der Waals surface area contributed by atoms with Crippen LogP contribution in [0.2, 0.25) is 0 Å². The zero-order chi connectivity index (χ0) is 34.6. The number of thioether (sulfide) groups is 1. The standard InChI is InChI=1S/C35H41F5O7S/c1-42-23-46-28-11-7-25(8-12-28)31-22-45-32-21-29(47-24-43-2)15-16-30(32)34(31,41)26-9-13-27(14-10-26)44-18-4-3-5-19-48-20-6-17-33(36,37)35(38,39)40/h7-16,21,31,41H,3-6,17-20,22-24H2,1-2H3. The topological polar surface area (TPSA) is 75.6 Å². The van der Waals surface area contributed by atoms with Crippen LogP contribution >= 0.6 is 11.8 Å². The number of rotatable bonds is 19. The molecular weight excluding hydrogens is 659 g/mol. The van der Waals surface area contributed by atoms with Gasteiger partial charge in [-0.25, -0.2) is 0 Å². The molecule has 3 aromatic carbocycles. The molecule has 264 valence electrons. The fourth-order valence-corrected chi connectivity index (χ4v) is 6.33. The lowest BCUT2D eigenvalue weighted by atomic mass is 9.71. The van der Waals surface area contributed by atoms with Crippen LogP contribution in [0.1, 0.15) is 54.7 Å². The highest BCUT2D eigenvalue weighted by atomic mass is 32.2. The van der Waals surface area contributed by atoms with Crippen LogP contribution in [0.5, 0.6) is 23.0 Å². The van der Waals surface area contributed by atoms with Gasteiger partial charge in [-0.3, -0.25) is 0 Å². The average molecular weight is 701 g/mol. The van der Waals surface area contributed by atoms with Crippen molar-refractivity contribution in [3.8, 4) is 23.0 Å². The van der Waals surface area contributed by atoms with Gasteiger partial charge in [-0.1, -0.05) is 24.3 Å². The van der Waals surface area contributed by atoms with Crippen molar-refractivity contribution in [2.75, 3.05) is 52.5 Å². The summed E-state index contributed by atoms with van der Waals surface area (Å²) in [4.78, 5) is 0. The van der Waals surface area contributed by atoms with Crippen molar-refractivity contribution in [2.45, 2.75) is 55.7 Å². The SMILES string of the molecule is COCOc1ccc(C2COc3cc(OCOC)ccc3C2(O)c2ccc(OCCCCCSCCCC(F)(F)C(F)(F)F)cc2)cc1. The molecule has 7 nitrogen and oxygen atoms in total. The van der Waals surface area contributed by atoms with Gasteiger partial charge >= 0.3 is 12.1 Å². The number of unbranched alkanes of at least 4 members (excludes halogenated alkanes) is 2. The Morgan fingerprint density at radius 1 is 0.771 bits per heavy atom. The van der Waals surface area contributed by atoms with Crippen molar-refractivity contribution in [1.29, 1.82) is 0 Å². The number of halogens is 5. The van der Waals surface area contributed by atoms with E-state index < -0.39 is 30.0 Å². The number of fused-ring (bicyclic) bond motifs is 1. The number of aliphatic hydroxyl groups is 1. The van der Waals surface area contributed by atoms with Gasteiger partial charge in [-0.2, -0.15) is 33.7 Å². The van der Waals surface area contributed by atoms with E-state index in [1.165, 1.54) is 18.9 Å². The highest BCUT2D eigenvalue weighted by Gasteiger charge is 2.56. The maximum absolute atomic E-state index is 13.0. The van der Waals surface area contributed by atoms with E-state index in [0.29, 0.717) is 46.5 Å². The lowest BCUT2D eigenvalue weighted by Crippen LogP contribution is -2.41. The summed E-state index contributed by atoms with van der Waals surface area (Å²) in [7, 11) is 3.08. The summed E-state index contributed by atoms with van der Waals surface area (Å²) in [5.41, 5.74) is 0.634. The Bertz CT molecular complexity index is 1410. The average Bonchev–Trinajstić information content (AvgIpc) is 3.07. The molecule has 13 heteroatoms. The molecule has 0 fully saturated rings. The van der Waals surface area contributed by atoms with Crippen molar-refractivity contribution in [3.63, 3.8) is 0 Å². The Morgan fingerprint density at radius 2 is 1.38 bits per heavy atom. The first-order valence-corrected chi connectivity index (χ1v) is 16.7. The number of hydrogen-bond acceptors (Lipinski definition) is 8. The van der Waals surface area contributed by atoms with Crippen LogP contribution in [0, 0.1) is 0 Å². The predicted molar refractivity (Wildman–Crippen MR) is 172 cm³/mol. The van der Waals surface area contributed by atoms with Crippen LogP contribution in [-0.4, -0.2) is 69.7 Å². The molecule has 0 amide bonds. The molecule has 0 spiro atoms. The number of alkyl halides is 5. The Hall–Kier alpha value is -3.26. The molecule has 0 radical (unpaired) electrons. The second kappa shape index (κ2) is 17.4. The van der Waals surface area contributed by atoms with E-state index in [4.69, 9.17) is 28.4 Å². The van der Waals surface area contributed by atoms with Gasteiger partial charge in [0.1, 0.15) is 28.6 Å². The summed E-state index contributed by atoms with van der Waals surface area (Å²) in [6.45, 7) is 0.841. The van der Waals surface area contributed by atoms with E-state index >= 15 is 0 Å². The Morgan fingerprint density at radius 3 is 2.04 bits per heavy atom. The van der Waals surface area contributed by atoms with Crippen LogP contribution in [0.15, 0.2) is 66.7 Å². The van der Waals surface area contributed by atoms with Crippen LogP contribution in [0.25, 0.3) is 0 Å². The van der Waals surface area contributed by atoms with Crippen molar-refractivity contribution < 1.29 is 55.5 Å². The number of methoxy groups -OCH3 is 2. The van der Waals surface area contributed by atoms with Crippen LogP contribution < -0.4 is 18.9 Å². The minimum Gasteiger partial charge on any atom is -0.494 e. The summed E-state index contributed by atoms with van der Waals surface area (Å²) in [5, 5.41) is 12.6. The van der Waals surface area contributed by atoms with Crippen molar-refractivity contribution >= 4 is 11.8 Å². The van der Waals surface area contributed by atoms with E-state index in [0.717, 1.165) is 24.8 Å². The van der Waals surface area contributed by atoms with Gasteiger partial charge in [-0.15, -0.1) is 0 Å². The summed E-state index contributed by atoms with van der Waals surface area (Å²) >= 11 is 1.38. The molecule has 0 saturated heterocycles. The summed E-state index contributed by atoms with van der Waals surface area (Å²) in [6.07, 6.45) is -4.48. The molecular formula is C35H41F5O7S. The molecule has 4 rings (SSSR count). The van der Waals surface area contributed by atoms with E-state index in [-0.39, 0.29) is 32.4 Å². The molecule has 2 unspecified atom stereocenters. The molecule has 1 aliphatic heterocycles. The van der Waals surface area contributed by atoms with Crippen LogP contribution in [-0.2, 0) is 15.1 Å². The van der Waals surface area contributed by atoms with Gasteiger partial charge < -0.3 is 33.5 Å². The van der Waals surface area contributed by atoms with Gasteiger partial charge in [0.25, 0.3) is 0 Å². The Labute approximate surface area is 281 Å². The maximum Gasteiger partial charge on any atom is 0.453 e. The fourth-order valence-electron chi connectivity index (χ4n) is 5.37. The molecule has 48 heavy (non-hydrogen) atoms. The highest BCUT2D eigenvalue weighted by Crippen LogP contribution is 2.50. The van der Waals surface area contributed by atoms with Gasteiger partial charge in [0.05, 0.1) is 19.1 Å². The third-order valence-electron chi connectivity index (χ3n) is 7.93. The van der Waals surface area contributed by atoms with Gasteiger partial charge in [0, 0.05) is 32.3 Å². The fraction of sp³-hybridized carbons (Fsp3) is 0.486. The summed E-state index contributed by atoms with van der Waals surface area (Å²) < 4.78 is 95.9. The van der Waals surface area contributed by atoms with Crippen molar-refractivity contribution in [3.05, 3.63) is 83.4 Å². The minimum atomic E-state index is -5.49. The largest absolute Gasteiger partial charge is 0.494 e. The third kappa shape index (κ3) is 9.67. The van der Waals surface area contributed by atoms with Crippen molar-refractivity contribution in [2.24, 2.45) is 0 Å². The molecule has 0 saturated carbocycles. The first kappa shape index (κ1) is 37.6. The highest BCUT2D eigenvalue weighted by molar-refractivity contribution is 7.99. The van der Waals surface area contributed by atoms with Gasteiger partial charge in [0.2, 0.25) is 0 Å². The summed E-state index contributed by atoms with van der Waals surface area (Å²) in [5.74, 6) is -1.84. The van der Waals surface area contributed by atoms with Crippen LogP contribution in [0.4, 0.5) is 22.0 Å². The van der Waals surface area contributed by atoms with E-state index in [1.807, 2.05) is 48.5 Å². The van der Waals surface area contributed by atoms with Crippen molar-refractivity contribution in [1.82, 2.24) is 0 Å². The predicted octanol–water partition coefficient (Wildman–Crippen LogP) is 8.32. The second-order valence-corrected chi connectivity index (χ2v) is 12.5. The maximum atomic E-state index is 13.0. The second-order valence-electron chi connectivity index (χ2n) is 11.3.